The molecular weight excluding hydrogens is 490 g/mol. The molecule has 4 aromatic rings. The van der Waals surface area contributed by atoms with Crippen LogP contribution in [0.15, 0.2) is 66.7 Å². The Morgan fingerprint density at radius 2 is 1.77 bits per heavy atom. The van der Waals surface area contributed by atoms with Crippen LogP contribution in [0.4, 0.5) is 0 Å². The van der Waals surface area contributed by atoms with Gasteiger partial charge in [0, 0.05) is 28.8 Å². The fourth-order valence-electron chi connectivity index (χ4n) is 5.64. The molecule has 1 aliphatic carbocycles. The van der Waals surface area contributed by atoms with Crippen molar-refractivity contribution in [3.8, 4) is 5.75 Å². The molecule has 5 rings (SSSR count). The fourth-order valence-corrected chi connectivity index (χ4v) is 5.64. The number of carbonyl (C=O) groups is 2. The van der Waals surface area contributed by atoms with Gasteiger partial charge in [-0.1, -0.05) is 49.8 Å². The first-order chi connectivity index (χ1) is 19.0. The van der Waals surface area contributed by atoms with Crippen LogP contribution in [-0.2, 0) is 24.1 Å². The average Bonchev–Trinajstić information content (AvgIpc) is 3.27. The number of nitrogens with zero attached hydrogens (tertiary/aromatic N) is 1. The molecule has 1 aliphatic rings. The van der Waals surface area contributed by atoms with Crippen LogP contribution < -0.4 is 4.74 Å². The van der Waals surface area contributed by atoms with Crippen LogP contribution in [0.25, 0.3) is 16.5 Å². The molecule has 3 aromatic carbocycles. The second-order valence-electron chi connectivity index (χ2n) is 9.88. The molecule has 0 aliphatic heterocycles. The largest absolute Gasteiger partial charge is 0.496 e. The van der Waals surface area contributed by atoms with Gasteiger partial charge >= 0.3 is 11.9 Å². The summed E-state index contributed by atoms with van der Waals surface area (Å²) in [6.07, 6.45) is 7.05. The number of aromatic nitrogens is 1. The Bertz CT molecular complexity index is 1580. The van der Waals surface area contributed by atoms with Crippen LogP contribution in [0.1, 0.15) is 74.8 Å². The van der Waals surface area contributed by atoms with E-state index in [9.17, 15) is 14.7 Å². The van der Waals surface area contributed by atoms with E-state index in [1.165, 1.54) is 29.5 Å². The summed E-state index contributed by atoms with van der Waals surface area (Å²) in [5, 5.41) is 10.8. The molecule has 6 heteroatoms. The molecule has 0 saturated carbocycles. The number of carboxylic acids is 1. The number of hydrogen-bond acceptors (Lipinski definition) is 4. The van der Waals surface area contributed by atoms with Crippen molar-refractivity contribution in [2.45, 2.75) is 45.6 Å². The van der Waals surface area contributed by atoms with E-state index in [1.807, 2.05) is 30.3 Å². The lowest BCUT2D eigenvalue weighted by Gasteiger charge is -2.22. The van der Waals surface area contributed by atoms with Gasteiger partial charge in [0.1, 0.15) is 5.75 Å². The number of unbranched alkanes of at least 4 members (excludes halogenated alkanes) is 1. The van der Waals surface area contributed by atoms with Crippen molar-refractivity contribution in [2.75, 3.05) is 14.2 Å². The summed E-state index contributed by atoms with van der Waals surface area (Å²) in [4.78, 5) is 23.9. The molecule has 0 atom stereocenters. The molecule has 39 heavy (non-hydrogen) atoms. The highest BCUT2D eigenvalue weighted by Crippen LogP contribution is 2.42. The van der Waals surface area contributed by atoms with E-state index in [0.29, 0.717) is 12.1 Å². The highest BCUT2D eigenvalue weighted by atomic mass is 16.5. The van der Waals surface area contributed by atoms with E-state index in [0.717, 1.165) is 59.9 Å². The van der Waals surface area contributed by atoms with Crippen LogP contribution in [0.3, 0.4) is 0 Å². The number of carboxylic acid groups (broad SMARTS) is 1. The maximum Gasteiger partial charge on any atom is 0.337 e. The molecule has 0 fully saturated rings. The highest BCUT2D eigenvalue weighted by Gasteiger charge is 2.25. The molecule has 0 spiro atoms. The summed E-state index contributed by atoms with van der Waals surface area (Å²) in [5.74, 6) is -0.421. The molecule has 1 aromatic heterocycles. The number of allylic oxidation sites excluding steroid dienone is 1. The SMILES string of the molecule is CCCCc1c(C2=CCCc3c(OC)cccc32)c2ccc(C(=O)O)cc2n1Cc1ccc(C(=O)OC)cc1. The van der Waals surface area contributed by atoms with Crippen molar-refractivity contribution in [3.05, 3.63) is 106 Å². The number of fused-ring (bicyclic) bond motifs is 2. The number of benzene rings is 3. The zero-order valence-electron chi connectivity index (χ0n) is 22.6. The standard InChI is InChI=1S/C33H33NO5/c1-4-5-11-28-31(26-10-6-9-25-24(26)8-7-12-30(25)38-2)27-18-17-23(32(35)36)19-29(27)34(28)20-21-13-15-22(16-14-21)33(37)39-3/h7-8,10,12-19H,4-6,9,11,20H2,1-3H3,(H,35,36). The van der Waals surface area contributed by atoms with Crippen molar-refractivity contribution in [2.24, 2.45) is 0 Å². The lowest BCUT2D eigenvalue weighted by Crippen LogP contribution is -2.09. The van der Waals surface area contributed by atoms with E-state index in [2.05, 4.69) is 23.6 Å². The summed E-state index contributed by atoms with van der Waals surface area (Å²) in [7, 11) is 3.09. The summed E-state index contributed by atoms with van der Waals surface area (Å²) in [5.41, 5.74) is 8.57. The molecule has 0 amide bonds. The van der Waals surface area contributed by atoms with E-state index < -0.39 is 5.97 Å². The summed E-state index contributed by atoms with van der Waals surface area (Å²) in [6, 6.07) is 19.1. The van der Waals surface area contributed by atoms with Gasteiger partial charge < -0.3 is 19.1 Å². The van der Waals surface area contributed by atoms with Gasteiger partial charge in [-0.2, -0.15) is 0 Å². The molecule has 0 radical (unpaired) electrons. The van der Waals surface area contributed by atoms with E-state index in [1.54, 1.807) is 31.4 Å². The Kier molecular flexibility index (Phi) is 7.55. The van der Waals surface area contributed by atoms with E-state index in [4.69, 9.17) is 9.47 Å². The first-order valence-corrected chi connectivity index (χ1v) is 13.4. The Balaban J connectivity index is 1.73. The first-order valence-electron chi connectivity index (χ1n) is 13.4. The Hall–Kier alpha value is -4.32. The zero-order valence-corrected chi connectivity index (χ0v) is 22.6. The molecule has 0 saturated heterocycles. The van der Waals surface area contributed by atoms with Crippen LogP contribution in [0.5, 0.6) is 5.75 Å². The Morgan fingerprint density at radius 3 is 2.46 bits per heavy atom. The number of aromatic carboxylic acids is 1. The van der Waals surface area contributed by atoms with Crippen LogP contribution in [-0.4, -0.2) is 35.8 Å². The van der Waals surface area contributed by atoms with E-state index >= 15 is 0 Å². The summed E-state index contributed by atoms with van der Waals surface area (Å²) < 4.78 is 12.8. The summed E-state index contributed by atoms with van der Waals surface area (Å²) in [6.45, 7) is 2.74. The molecule has 0 unspecified atom stereocenters. The molecular formula is C33H33NO5. The van der Waals surface area contributed by atoms with Crippen LogP contribution in [0, 0.1) is 0 Å². The normalized spacial score (nSPS) is 12.6. The number of ether oxygens (including phenoxy) is 2. The van der Waals surface area contributed by atoms with Gasteiger partial charge in [0.2, 0.25) is 0 Å². The number of hydrogen-bond donors (Lipinski definition) is 1. The van der Waals surface area contributed by atoms with Crippen LogP contribution in [0.2, 0.25) is 0 Å². The molecule has 6 nitrogen and oxygen atoms in total. The van der Waals surface area contributed by atoms with Gasteiger partial charge in [-0.25, -0.2) is 9.59 Å². The van der Waals surface area contributed by atoms with Gasteiger partial charge in [0.15, 0.2) is 0 Å². The smallest absolute Gasteiger partial charge is 0.337 e. The predicted octanol–water partition coefficient (Wildman–Crippen LogP) is 6.90. The highest BCUT2D eigenvalue weighted by molar-refractivity contribution is 6.02. The Labute approximate surface area is 228 Å². The third kappa shape index (κ3) is 4.94. The topological polar surface area (TPSA) is 77.8 Å². The maximum atomic E-state index is 12.0. The van der Waals surface area contributed by atoms with Crippen molar-refractivity contribution in [1.82, 2.24) is 4.57 Å². The minimum absolute atomic E-state index is 0.260. The van der Waals surface area contributed by atoms with Crippen molar-refractivity contribution in [3.63, 3.8) is 0 Å². The van der Waals surface area contributed by atoms with Gasteiger partial charge in [0.05, 0.1) is 30.9 Å². The van der Waals surface area contributed by atoms with E-state index in [-0.39, 0.29) is 11.5 Å². The lowest BCUT2D eigenvalue weighted by atomic mass is 9.84. The lowest BCUT2D eigenvalue weighted by molar-refractivity contribution is 0.0599. The van der Waals surface area contributed by atoms with Crippen molar-refractivity contribution >= 4 is 28.4 Å². The molecule has 0 bridgehead atoms. The fraction of sp³-hybridized carbons (Fsp3) is 0.273. The summed E-state index contributed by atoms with van der Waals surface area (Å²) >= 11 is 0. The molecule has 1 N–H and O–H groups in total. The number of carbonyl (C=O) groups excluding carboxylic acids is 1. The average molecular weight is 524 g/mol. The predicted molar refractivity (Wildman–Crippen MR) is 153 cm³/mol. The van der Waals surface area contributed by atoms with Crippen molar-refractivity contribution in [1.29, 1.82) is 0 Å². The quantitative estimate of drug-likeness (QED) is 0.241. The Morgan fingerprint density at radius 1 is 1.00 bits per heavy atom. The maximum absolute atomic E-state index is 12.0. The minimum Gasteiger partial charge on any atom is -0.496 e. The number of rotatable bonds is 9. The van der Waals surface area contributed by atoms with Gasteiger partial charge in [0.25, 0.3) is 0 Å². The number of methoxy groups -OCH3 is 2. The third-order valence-electron chi connectivity index (χ3n) is 7.56. The minimum atomic E-state index is -0.948. The monoisotopic (exact) mass is 523 g/mol. The van der Waals surface area contributed by atoms with Crippen molar-refractivity contribution < 1.29 is 24.2 Å². The zero-order chi connectivity index (χ0) is 27.5. The molecule has 200 valence electrons. The van der Waals surface area contributed by atoms with Crippen LogP contribution >= 0.6 is 0 Å². The third-order valence-corrected chi connectivity index (χ3v) is 7.56. The first kappa shape index (κ1) is 26.3. The molecule has 1 heterocycles. The second-order valence-corrected chi connectivity index (χ2v) is 9.88. The van der Waals surface area contributed by atoms with Gasteiger partial charge in [-0.3, -0.25) is 0 Å². The second kappa shape index (κ2) is 11.2. The number of esters is 1. The van der Waals surface area contributed by atoms with Gasteiger partial charge in [-0.05, 0) is 72.7 Å². The van der Waals surface area contributed by atoms with Gasteiger partial charge in [-0.15, -0.1) is 0 Å².